The number of rotatable bonds is 2. The van der Waals surface area contributed by atoms with E-state index in [9.17, 15) is 0 Å². The molecular formula is C17H23N3. The summed E-state index contributed by atoms with van der Waals surface area (Å²) in [5.74, 6) is 1.45. The Morgan fingerprint density at radius 2 is 2.05 bits per heavy atom. The summed E-state index contributed by atoms with van der Waals surface area (Å²) in [7, 11) is 0. The minimum Gasteiger partial charge on any atom is -0.383 e. The molecule has 2 N–H and O–H groups in total. The molecule has 3 nitrogen and oxygen atoms in total. The number of hydrogen-bond donors (Lipinski definition) is 1. The molecule has 2 atom stereocenters. The molecule has 1 aromatic carbocycles. The predicted molar refractivity (Wildman–Crippen MR) is 84.4 cm³/mol. The van der Waals surface area contributed by atoms with Crippen LogP contribution in [-0.4, -0.2) is 22.5 Å². The fourth-order valence-electron chi connectivity index (χ4n) is 3.12. The lowest BCUT2D eigenvalue weighted by Crippen LogP contribution is -2.40. The number of nitrogen functional groups attached to an aromatic ring is 1. The van der Waals surface area contributed by atoms with Crippen LogP contribution < -0.4 is 5.73 Å². The summed E-state index contributed by atoms with van der Waals surface area (Å²) < 4.78 is 0. The van der Waals surface area contributed by atoms with Crippen molar-refractivity contribution in [3.63, 3.8) is 0 Å². The van der Waals surface area contributed by atoms with E-state index >= 15 is 0 Å². The summed E-state index contributed by atoms with van der Waals surface area (Å²) in [6.45, 7) is 6.72. The normalized spacial score (nSPS) is 24.1. The van der Waals surface area contributed by atoms with Gasteiger partial charge in [0.1, 0.15) is 5.82 Å². The van der Waals surface area contributed by atoms with Crippen LogP contribution in [0.2, 0.25) is 0 Å². The summed E-state index contributed by atoms with van der Waals surface area (Å²) in [6, 6.07) is 11.0. The number of para-hydroxylation sites is 1. The fourth-order valence-corrected chi connectivity index (χ4v) is 3.12. The van der Waals surface area contributed by atoms with Crippen LogP contribution in [0.4, 0.5) is 5.82 Å². The van der Waals surface area contributed by atoms with E-state index in [1.807, 2.05) is 12.1 Å². The van der Waals surface area contributed by atoms with Gasteiger partial charge in [-0.25, -0.2) is 4.98 Å². The van der Waals surface area contributed by atoms with Crippen LogP contribution in [0.25, 0.3) is 10.9 Å². The van der Waals surface area contributed by atoms with E-state index in [1.165, 1.54) is 18.2 Å². The topological polar surface area (TPSA) is 42.2 Å². The molecule has 1 aliphatic rings. The zero-order valence-corrected chi connectivity index (χ0v) is 12.3. The number of aromatic nitrogens is 1. The van der Waals surface area contributed by atoms with Gasteiger partial charge in [0.15, 0.2) is 0 Å². The maximum Gasteiger partial charge on any atom is 0.128 e. The molecule has 1 saturated heterocycles. The standard InChI is InChI=1S/C17H23N3/c1-12-7-8-13(2)20(10-12)11-15-9-14-5-3-4-6-16(14)19-17(15)18/h3-6,9,12-13H,7-8,10-11H2,1-2H3,(H2,18,19). The predicted octanol–water partition coefficient (Wildman–Crippen LogP) is 3.44. The van der Waals surface area contributed by atoms with Crippen molar-refractivity contribution in [1.82, 2.24) is 9.88 Å². The number of piperidine rings is 1. The lowest BCUT2D eigenvalue weighted by Gasteiger charge is -2.36. The number of likely N-dealkylation sites (tertiary alicyclic amines) is 1. The van der Waals surface area contributed by atoms with E-state index in [-0.39, 0.29) is 0 Å². The van der Waals surface area contributed by atoms with Crippen molar-refractivity contribution in [3.8, 4) is 0 Å². The molecule has 2 aromatic rings. The minimum atomic E-state index is 0.636. The Labute approximate surface area is 120 Å². The number of benzene rings is 1. The van der Waals surface area contributed by atoms with Crippen molar-refractivity contribution in [1.29, 1.82) is 0 Å². The molecule has 0 spiro atoms. The Bertz CT molecular complexity index is 608. The van der Waals surface area contributed by atoms with Crippen molar-refractivity contribution in [3.05, 3.63) is 35.9 Å². The zero-order chi connectivity index (χ0) is 14.1. The second kappa shape index (κ2) is 5.41. The maximum atomic E-state index is 6.15. The van der Waals surface area contributed by atoms with E-state index in [4.69, 9.17) is 5.73 Å². The molecule has 0 radical (unpaired) electrons. The Morgan fingerprint density at radius 3 is 2.90 bits per heavy atom. The molecular weight excluding hydrogens is 246 g/mol. The molecule has 1 fully saturated rings. The van der Waals surface area contributed by atoms with E-state index in [1.54, 1.807) is 0 Å². The molecule has 0 bridgehead atoms. The smallest absolute Gasteiger partial charge is 0.128 e. The highest BCUT2D eigenvalue weighted by Gasteiger charge is 2.23. The van der Waals surface area contributed by atoms with Gasteiger partial charge in [0, 0.05) is 30.1 Å². The van der Waals surface area contributed by atoms with Gasteiger partial charge in [-0.15, -0.1) is 0 Å². The molecule has 3 rings (SSSR count). The van der Waals surface area contributed by atoms with Gasteiger partial charge in [0.05, 0.1) is 5.52 Å². The first-order chi connectivity index (χ1) is 9.63. The van der Waals surface area contributed by atoms with Crippen LogP contribution in [0.5, 0.6) is 0 Å². The summed E-state index contributed by atoms with van der Waals surface area (Å²) in [4.78, 5) is 7.07. The largest absolute Gasteiger partial charge is 0.383 e. The van der Waals surface area contributed by atoms with Crippen molar-refractivity contribution in [2.45, 2.75) is 39.3 Å². The van der Waals surface area contributed by atoms with Crippen LogP contribution in [0.1, 0.15) is 32.3 Å². The van der Waals surface area contributed by atoms with Crippen molar-refractivity contribution < 1.29 is 0 Å². The van der Waals surface area contributed by atoms with Crippen molar-refractivity contribution >= 4 is 16.7 Å². The van der Waals surface area contributed by atoms with Gasteiger partial charge >= 0.3 is 0 Å². The van der Waals surface area contributed by atoms with E-state index in [0.29, 0.717) is 11.9 Å². The molecule has 2 unspecified atom stereocenters. The molecule has 0 saturated carbocycles. The Balaban J connectivity index is 1.88. The van der Waals surface area contributed by atoms with Gasteiger partial charge < -0.3 is 5.73 Å². The molecule has 20 heavy (non-hydrogen) atoms. The van der Waals surface area contributed by atoms with Crippen LogP contribution >= 0.6 is 0 Å². The number of anilines is 1. The first-order valence-corrected chi connectivity index (χ1v) is 7.51. The lowest BCUT2D eigenvalue weighted by atomic mass is 9.94. The maximum absolute atomic E-state index is 6.15. The van der Waals surface area contributed by atoms with Crippen molar-refractivity contribution in [2.24, 2.45) is 5.92 Å². The highest BCUT2D eigenvalue weighted by atomic mass is 15.2. The summed E-state index contributed by atoms with van der Waals surface area (Å²) in [5.41, 5.74) is 8.28. The Morgan fingerprint density at radius 1 is 1.25 bits per heavy atom. The highest BCUT2D eigenvalue weighted by Crippen LogP contribution is 2.26. The second-order valence-corrected chi connectivity index (χ2v) is 6.19. The molecule has 106 valence electrons. The van der Waals surface area contributed by atoms with Gasteiger partial charge in [-0.05, 0) is 37.8 Å². The second-order valence-electron chi connectivity index (χ2n) is 6.19. The first kappa shape index (κ1) is 13.4. The zero-order valence-electron chi connectivity index (χ0n) is 12.3. The molecule has 2 heterocycles. The van der Waals surface area contributed by atoms with Crippen LogP contribution in [0.15, 0.2) is 30.3 Å². The van der Waals surface area contributed by atoms with Gasteiger partial charge in [-0.1, -0.05) is 25.1 Å². The van der Waals surface area contributed by atoms with Crippen LogP contribution in [0.3, 0.4) is 0 Å². The Kier molecular flexibility index (Phi) is 3.62. The fraction of sp³-hybridized carbons (Fsp3) is 0.471. The highest BCUT2D eigenvalue weighted by molar-refractivity contribution is 5.81. The van der Waals surface area contributed by atoms with Gasteiger partial charge in [-0.3, -0.25) is 4.90 Å². The molecule has 1 aliphatic heterocycles. The summed E-state index contributed by atoms with van der Waals surface area (Å²) >= 11 is 0. The van der Waals surface area contributed by atoms with E-state index in [2.05, 4.69) is 41.9 Å². The van der Waals surface area contributed by atoms with Gasteiger partial charge in [-0.2, -0.15) is 0 Å². The van der Waals surface area contributed by atoms with Gasteiger partial charge in [0.2, 0.25) is 0 Å². The van der Waals surface area contributed by atoms with Crippen molar-refractivity contribution in [2.75, 3.05) is 12.3 Å². The third kappa shape index (κ3) is 2.63. The SMILES string of the molecule is CC1CCC(C)N(Cc2cc3ccccc3nc2N)C1. The number of pyridine rings is 1. The number of nitrogens with two attached hydrogens (primary N) is 1. The average Bonchev–Trinajstić information content (AvgIpc) is 2.43. The lowest BCUT2D eigenvalue weighted by molar-refractivity contribution is 0.117. The third-order valence-corrected chi connectivity index (χ3v) is 4.46. The number of fused-ring (bicyclic) bond motifs is 1. The van der Waals surface area contributed by atoms with Gasteiger partial charge in [0.25, 0.3) is 0 Å². The molecule has 0 aliphatic carbocycles. The molecule has 1 aromatic heterocycles. The van der Waals surface area contributed by atoms with Crippen LogP contribution in [0, 0.1) is 5.92 Å². The molecule has 0 amide bonds. The van der Waals surface area contributed by atoms with Crippen LogP contribution in [-0.2, 0) is 6.54 Å². The summed E-state index contributed by atoms with van der Waals surface area (Å²) in [6.07, 6.45) is 2.62. The monoisotopic (exact) mass is 269 g/mol. The van der Waals surface area contributed by atoms with E-state index < -0.39 is 0 Å². The quantitative estimate of drug-likeness (QED) is 0.908. The Hall–Kier alpha value is -1.61. The summed E-state index contributed by atoms with van der Waals surface area (Å²) in [5, 5.41) is 1.18. The minimum absolute atomic E-state index is 0.636. The third-order valence-electron chi connectivity index (χ3n) is 4.46. The number of hydrogen-bond acceptors (Lipinski definition) is 3. The number of nitrogens with zero attached hydrogens (tertiary/aromatic N) is 2. The average molecular weight is 269 g/mol. The molecule has 3 heteroatoms. The first-order valence-electron chi connectivity index (χ1n) is 7.51. The van der Waals surface area contributed by atoms with E-state index in [0.717, 1.165) is 30.1 Å².